The average Bonchev–Trinajstić information content (AvgIpc) is 1.30. The Labute approximate surface area is 536 Å². The molecule has 0 heterocycles. The van der Waals surface area contributed by atoms with E-state index in [0.29, 0.717) is 50.7 Å². The fraction of sp³-hybridized carbons (Fsp3) is 0.162. The van der Waals surface area contributed by atoms with E-state index >= 15 is 0 Å². The fourth-order valence-corrected chi connectivity index (χ4v) is 10.6. The quantitative estimate of drug-likeness (QED) is 0.0293. The zero-order valence-electron chi connectivity index (χ0n) is 51.3. The maximum Gasteiger partial charge on any atom is 0.337 e. The summed E-state index contributed by atoms with van der Waals surface area (Å²) in [4.78, 5) is 72.4. The van der Waals surface area contributed by atoms with Gasteiger partial charge in [0, 0.05) is 42.4 Å². The van der Waals surface area contributed by atoms with Crippen molar-refractivity contribution in [2.45, 2.75) is 57.9 Å². The van der Waals surface area contributed by atoms with Crippen molar-refractivity contribution in [1.82, 2.24) is 5.32 Å². The summed E-state index contributed by atoms with van der Waals surface area (Å²) in [5.74, 6) is -1.84. The van der Waals surface area contributed by atoms with Gasteiger partial charge >= 0.3 is 5.97 Å². The molecule has 0 aliphatic heterocycles. The van der Waals surface area contributed by atoms with E-state index in [1.807, 2.05) is 24.3 Å². The Morgan fingerprint density at radius 2 is 1.00 bits per heavy atom. The second kappa shape index (κ2) is 33.7. The summed E-state index contributed by atoms with van der Waals surface area (Å²) in [6.07, 6.45) is 5.71. The van der Waals surface area contributed by atoms with E-state index < -0.39 is 41.9 Å². The van der Waals surface area contributed by atoms with Crippen molar-refractivity contribution in [3.8, 4) is 6.07 Å². The molecule has 8 N–H and O–H groups in total. The van der Waals surface area contributed by atoms with E-state index in [2.05, 4.69) is 50.4 Å². The number of Topliss-reactive ketones (excluding diaryl/α,β-unsaturated/α-hetero) is 3. The molecular weight excluding hydrogens is 1230 g/mol. The largest absolute Gasteiger partial charge is 0.478 e. The van der Waals surface area contributed by atoms with Crippen molar-refractivity contribution < 1.29 is 59.1 Å². The summed E-state index contributed by atoms with van der Waals surface area (Å²) in [5.41, 5.74) is 13.0. The van der Waals surface area contributed by atoms with E-state index in [0.717, 1.165) is 42.9 Å². The number of amides is 2. The van der Waals surface area contributed by atoms with Crippen LogP contribution in [-0.2, 0) is 49.5 Å². The van der Waals surface area contributed by atoms with E-state index in [9.17, 15) is 54.0 Å². The van der Waals surface area contributed by atoms with Crippen LogP contribution in [0.5, 0.6) is 0 Å². The first-order valence-corrected chi connectivity index (χ1v) is 33.4. The molecule has 24 heteroatoms. The Balaban J connectivity index is 0.000000223. The molecule has 0 saturated carbocycles. The molecule has 0 atom stereocenters. The summed E-state index contributed by atoms with van der Waals surface area (Å²) in [6.45, 7) is 8.97. The second-order valence-electron chi connectivity index (χ2n) is 20.5. The molecule has 0 spiro atoms. The number of ketones is 3. The molecule has 0 aliphatic carbocycles. The van der Waals surface area contributed by atoms with E-state index in [-0.39, 0.29) is 63.6 Å². The Bertz CT molecular complexity index is 4350. The maximum absolute atomic E-state index is 12.5. The SMILES string of the molecule is C=C(N)N(C)c1ccccc1C(=O)Nc1ccc(C#N)cc1.CC(=O)c1ccc(CNC(=O)c2ccccc2NS(C)(=O)=O)cc1.CC(=O)c1ccc(S(=O)(=O)Nc2ccccc2C(=O)O)cc1.CCCCc1ccc(CC(=O)c2ccccc2NS(C)(=O)=O)cc1. The molecule has 21 nitrogen and oxygen atoms in total. The van der Waals surface area contributed by atoms with Crippen LogP contribution in [0.4, 0.5) is 28.4 Å². The number of nitrogens with one attached hydrogen (secondary N) is 5. The van der Waals surface area contributed by atoms with Crippen LogP contribution in [0.2, 0.25) is 0 Å². The first-order chi connectivity index (χ1) is 43.5. The zero-order chi connectivity index (χ0) is 67.8. The fourth-order valence-electron chi connectivity index (χ4n) is 8.38. The molecule has 0 aliphatic rings. The number of aromatic carboxylic acids is 1. The van der Waals surface area contributed by atoms with Crippen LogP contribution < -0.4 is 35.4 Å². The third-order valence-corrected chi connectivity index (χ3v) is 15.8. The molecule has 0 saturated heterocycles. The third kappa shape index (κ3) is 23.0. The van der Waals surface area contributed by atoms with Gasteiger partial charge in [-0.25, -0.2) is 30.0 Å². The number of para-hydroxylation sites is 4. The molecule has 8 aromatic carbocycles. The Hall–Kier alpha value is -10.7. The molecule has 0 fully saturated rings. The lowest BCUT2D eigenvalue weighted by atomic mass is 10.00. The van der Waals surface area contributed by atoms with Gasteiger partial charge in [-0.05, 0) is 128 Å². The lowest BCUT2D eigenvalue weighted by Gasteiger charge is -2.21. The van der Waals surface area contributed by atoms with E-state index in [1.165, 1.54) is 74.0 Å². The molecule has 8 aromatic rings. The number of unbranched alkanes of at least 4 members (excludes halogenated alkanes) is 1. The van der Waals surface area contributed by atoms with Crippen molar-refractivity contribution in [1.29, 1.82) is 5.26 Å². The number of nitrogens with zero attached hydrogens (tertiary/aromatic N) is 2. The molecule has 0 aromatic heterocycles. The minimum absolute atomic E-state index is 0.0219. The van der Waals surface area contributed by atoms with Gasteiger partial charge in [0.2, 0.25) is 20.0 Å². The first-order valence-electron chi connectivity index (χ1n) is 28.2. The molecule has 8 rings (SSSR count). The summed E-state index contributed by atoms with van der Waals surface area (Å²) in [6, 6.07) is 54.9. The standard InChI is InChI=1S/C19H23NO3S.C17H16N4O.C17H18N2O4S.C15H13NO5S/c1-3-4-7-15-10-12-16(13-11-15)14-19(21)17-8-5-6-9-18(17)20-24(2,22)23;1-12(19)21(2)16-6-4-3-5-15(16)17(22)20-14-9-7-13(11-18)8-10-14;1-12(20)14-9-7-13(8-10-14)11-18-17(21)15-5-3-4-6-16(15)19-24(2,22)23;1-10(17)11-6-8-12(9-7-11)22(20,21)16-14-5-3-2-4-13(14)15(18)19/h5-6,8-13,20H,3-4,7,14H2,1-2H3;3-10H,1,19H2,2H3,(H,20,22);3-10,19H,11H2,1-2H3,(H,18,21);2-9,16H,1H3,(H,18,19). The normalized spacial score (nSPS) is 10.7. The highest BCUT2D eigenvalue weighted by atomic mass is 32.2. The predicted molar refractivity (Wildman–Crippen MR) is 358 cm³/mol. The number of carboxylic acids is 1. The number of carbonyl (C=O) groups excluding carboxylic acids is 5. The van der Waals surface area contributed by atoms with Crippen LogP contribution in [0.15, 0.2) is 211 Å². The highest BCUT2D eigenvalue weighted by Gasteiger charge is 2.20. The number of aryl methyl sites for hydroxylation is 1. The molecule has 92 heavy (non-hydrogen) atoms. The van der Waals surface area contributed by atoms with Crippen molar-refractivity contribution >= 4 is 93.6 Å². The average molecular weight is 1300 g/mol. The van der Waals surface area contributed by atoms with Crippen LogP contribution in [0.3, 0.4) is 0 Å². The lowest BCUT2D eigenvalue weighted by Crippen LogP contribution is -2.25. The van der Waals surface area contributed by atoms with Gasteiger partial charge in [-0.15, -0.1) is 0 Å². The summed E-state index contributed by atoms with van der Waals surface area (Å²) < 4.78 is 77.1. The second-order valence-corrected chi connectivity index (χ2v) is 25.7. The number of rotatable bonds is 23. The lowest BCUT2D eigenvalue weighted by molar-refractivity contribution is 0.0696. The number of hydrogen-bond acceptors (Lipinski definition) is 15. The topological polar surface area (TPSA) is 338 Å². The number of benzene rings is 8. The summed E-state index contributed by atoms with van der Waals surface area (Å²) in [7, 11) is -9.09. The van der Waals surface area contributed by atoms with Gasteiger partial charge < -0.3 is 26.4 Å². The number of anilines is 5. The highest BCUT2D eigenvalue weighted by Crippen LogP contribution is 2.25. The van der Waals surface area contributed by atoms with Crippen molar-refractivity contribution in [3.05, 3.63) is 262 Å². The molecule has 0 radical (unpaired) electrons. The number of nitriles is 1. The Morgan fingerprint density at radius 1 is 0.554 bits per heavy atom. The van der Waals surface area contributed by atoms with Gasteiger partial charge in [0.25, 0.3) is 21.8 Å². The number of hydrogen-bond donors (Lipinski definition) is 7. The minimum atomic E-state index is -3.94. The summed E-state index contributed by atoms with van der Waals surface area (Å²) >= 11 is 0. The van der Waals surface area contributed by atoms with Gasteiger partial charge in [-0.3, -0.25) is 38.1 Å². The van der Waals surface area contributed by atoms with Gasteiger partial charge in [0.1, 0.15) is 0 Å². The van der Waals surface area contributed by atoms with Crippen molar-refractivity contribution in [3.63, 3.8) is 0 Å². The minimum Gasteiger partial charge on any atom is -0.478 e. The number of carbonyl (C=O) groups is 6. The summed E-state index contributed by atoms with van der Waals surface area (Å²) in [5, 5.41) is 23.4. The van der Waals surface area contributed by atoms with Crippen LogP contribution in [0, 0.1) is 11.3 Å². The third-order valence-electron chi connectivity index (χ3n) is 13.2. The first kappa shape index (κ1) is 72.0. The van der Waals surface area contributed by atoms with Gasteiger partial charge in [0.05, 0.1) is 74.3 Å². The number of sulfonamides is 3. The van der Waals surface area contributed by atoms with E-state index in [1.54, 1.807) is 121 Å². The Kier molecular flexibility index (Phi) is 26.4. The van der Waals surface area contributed by atoms with E-state index in [4.69, 9.17) is 16.1 Å². The zero-order valence-corrected chi connectivity index (χ0v) is 53.7. The van der Waals surface area contributed by atoms with Gasteiger partial charge in [-0.1, -0.05) is 129 Å². The predicted octanol–water partition coefficient (Wildman–Crippen LogP) is 11.1. The van der Waals surface area contributed by atoms with Gasteiger partial charge in [0.15, 0.2) is 17.3 Å². The monoisotopic (exact) mass is 1300 g/mol. The molecule has 478 valence electrons. The van der Waals surface area contributed by atoms with Crippen LogP contribution in [-0.4, -0.2) is 85.1 Å². The highest BCUT2D eigenvalue weighted by molar-refractivity contribution is 7.93. The molecular formula is C68H70N8O13S3. The molecule has 0 bridgehead atoms. The van der Waals surface area contributed by atoms with Crippen molar-refractivity contribution in [2.24, 2.45) is 5.73 Å². The van der Waals surface area contributed by atoms with Crippen LogP contribution >= 0.6 is 0 Å². The maximum atomic E-state index is 12.5. The van der Waals surface area contributed by atoms with Crippen LogP contribution in [0.1, 0.15) is 118 Å². The molecule has 0 unspecified atom stereocenters. The number of nitrogens with two attached hydrogens (primary N) is 1. The van der Waals surface area contributed by atoms with Gasteiger partial charge in [-0.2, -0.15) is 5.26 Å². The Morgan fingerprint density at radius 3 is 1.49 bits per heavy atom. The molecule has 2 amide bonds. The van der Waals surface area contributed by atoms with Crippen LogP contribution in [0.25, 0.3) is 0 Å². The number of carboxylic acid groups (broad SMARTS) is 1. The van der Waals surface area contributed by atoms with Crippen molar-refractivity contribution in [2.75, 3.05) is 43.9 Å². The smallest absolute Gasteiger partial charge is 0.337 e.